The molecule has 0 aliphatic rings. The molecule has 0 atom stereocenters. The Morgan fingerprint density at radius 1 is 1.38 bits per heavy atom. The molecule has 5 nitrogen and oxygen atoms in total. The number of aromatic nitrogens is 2. The molecular formula is C15H17ClN2O3. The summed E-state index contributed by atoms with van der Waals surface area (Å²) in [4.78, 5) is 11.2. The monoisotopic (exact) mass is 308 g/mol. The maximum atomic E-state index is 11.2. The molecule has 0 saturated heterocycles. The first-order chi connectivity index (χ1) is 10.0. The molecule has 2 aromatic rings. The minimum atomic E-state index is -1.04. The van der Waals surface area contributed by atoms with Gasteiger partial charge in [0.25, 0.3) is 0 Å². The summed E-state index contributed by atoms with van der Waals surface area (Å²) in [6.07, 6.45) is 0.845. The Balaban J connectivity index is 2.21. The molecule has 0 aliphatic carbocycles. The molecule has 1 N–H and O–H groups in total. The molecule has 112 valence electrons. The van der Waals surface area contributed by atoms with E-state index >= 15 is 0 Å². The highest BCUT2D eigenvalue weighted by Gasteiger charge is 2.13. The van der Waals surface area contributed by atoms with E-state index in [9.17, 15) is 4.79 Å². The van der Waals surface area contributed by atoms with Crippen molar-refractivity contribution in [3.8, 4) is 5.75 Å². The van der Waals surface area contributed by atoms with E-state index in [2.05, 4.69) is 5.10 Å². The molecule has 0 saturated carbocycles. The van der Waals surface area contributed by atoms with Crippen LogP contribution in [0.4, 0.5) is 0 Å². The fourth-order valence-corrected chi connectivity index (χ4v) is 2.18. The zero-order valence-corrected chi connectivity index (χ0v) is 12.7. The Bertz CT molecular complexity index is 652. The lowest BCUT2D eigenvalue weighted by atomic mass is 10.2. The summed E-state index contributed by atoms with van der Waals surface area (Å²) in [5.41, 5.74) is 1.99. The van der Waals surface area contributed by atoms with Gasteiger partial charge in [-0.3, -0.25) is 4.68 Å². The second-order valence-corrected chi connectivity index (χ2v) is 4.97. The molecular weight excluding hydrogens is 292 g/mol. The molecule has 0 bridgehead atoms. The fraction of sp³-hybridized carbons (Fsp3) is 0.333. The van der Waals surface area contributed by atoms with Gasteiger partial charge in [0, 0.05) is 11.6 Å². The Morgan fingerprint density at radius 2 is 2.14 bits per heavy atom. The van der Waals surface area contributed by atoms with Crippen LogP contribution in [-0.4, -0.2) is 20.9 Å². The number of halogens is 1. The van der Waals surface area contributed by atoms with Crippen molar-refractivity contribution in [2.45, 2.75) is 33.4 Å². The third kappa shape index (κ3) is 3.55. The molecule has 0 aliphatic heterocycles. The number of benzene rings is 1. The summed E-state index contributed by atoms with van der Waals surface area (Å²) in [7, 11) is 0. The number of aromatic carboxylic acids is 1. The molecule has 1 aromatic carbocycles. The summed E-state index contributed by atoms with van der Waals surface area (Å²) in [6.45, 7) is 5.02. The highest BCUT2D eigenvalue weighted by molar-refractivity contribution is 6.30. The van der Waals surface area contributed by atoms with Gasteiger partial charge in [-0.25, -0.2) is 4.79 Å². The van der Waals surface area contributed by atoms with Crippen LogP contribution in [-0.2, 0) is 19.6 Å². The number of carboxylic acids is 1. The van der Waals surface area contributed by atoms with Crippen LogP contribution < -0.4 is 4.74 Å². The molecule has 0 radical (unpaired) electrons. The molecule has 1 aromatic heterocycles. The van der Waals surface area contributed by atoms with Crippen LogP contribution in [0.25, 0.3) is 0 Å². The molecule has 1 heterocycles. The largest absolute Gasteiger partial charge is 0.486 e. The molecule has 2 rings (SSSR count). The maximum absolute atomic E-state index is 11.2. The van der Waals surface area contributed by atoms with E-state index in [-0.39, 0.29) is 17.9 Å². The number of hydrogen-bond acceptors (Lipinski definition) is 3. The third-order valence-corrected chi connectivity index (χ3v) is 3.36. The van der Waals surface area contributed by atoms with Crippen LogP contribution in [0.5, 0.6) is 5.75 Å². The number of rotatable bonds is 6. The summed E-state index contributed by atoms with van der Waals surface area (Å²) in [6, 6.07) is 6.45. The Morgan fingerprint density at radius 3 is 2.76 bits per heavy atom. The van der Waals surface area contributed by atoms with Crippen molar-refractivity contribution in [3.63, 3.8) is 0 Å². The second kappa shape index (κ2) is 6.63. The van der Waals surface area contributed by atoms with Crippen molar-refractivity contribution in [1.29, 1.82) is 0 Å². The van der Waals surface area contributed by atoms with Gasteiger partial charge in [-0.1, -0.05) is 18.5 Å². The first-order valence-corrected chi connectivity index (χ1v) is 7.14. The van der Waals surface area contributed by atoms with Crippen molar-refractivity contribution in [2.75, 3.05) is 0 Å². The Hall–Kier alpha value is -2.01. The minimum absolute atomic E-state index is 0.0951. The van der Waals surface area contributed by atoms with E-state index in [1.807, 2.05) is 24.6 Å². The average Bonchev–Trinajstić information content (AvgIpc) is 2.87. The number of carboxylic acid groups (broad SMARTS) is 1. The van der Waals surface area contributed by atoms with Crippen molar-refractivity contribution in [3.05, 3.63) is 46.2 Å². The molecule has 0 unspecified atom stereocenters. The lowest BCUT2D eigenvalue weighted by Gasteiger charge is -2.10. The lowest BCUT2D eigenvalue weighted by Crippen LogP contribution is -2.08. The SMILES string of the molecule is CCc1cc(COc2cc(Cl)ccc2C(=O)O)n(CC)n1. The number of aryl methyl sites for hydroxylation is 2. The fourth-order valence-electron chi connectivity index (χ4n) is 2.02. The van der Waals surface area contributed by atoms with Crippen molar-refractivity contribution in [1.82, 2.24) is 9.78 Å². The van der Waals surface area contributed by atoms with Crippen LogP contribution in [0.3, 0.4) is 0 Å². The van der Waals surface area contributed by atoms with Crippen molar-refractivity contribution in [2.24, 2.45) is 0 Å². The number of nitrogens with zero attached hydrogens (tertiary/aromatic N) is 2. The summed E-state index contributed by atoms with van der Waals surface area (Å²) in [5.74, 6) is -0.781. The van der Waals surface area contributed by atoms with Crippen molar-refractivity contribution >= 4 is 17.6 Å². The number of ether oxygens (including phenoxy) is 1. The Labute approximate surface area is 128 Å². The summed E-state index contributed by atoms with van der Waals surface area (Å²) in [5, 5.41) is 14.0. The zero-order valence-electron chi connectivity index (χ0n) is 12.0. The summed E-state index contributed by atoms with van der Waals surface area (Å²) >= 11 is 5.90. The smallest absolute Gasteiger partial charge is 0.339 e. The highest BCUT2D eigenvalue weighted by Crippen LogP contribution is 2.24. The van der Waals surface area contributed by atoms with Gasteiger partial charge in [-0.15, -0.1) is 0 Å². The lowest BCUT2D eigenvalue weighted by molar-refractivity contribution is 0.0691. The van der Waals surface area contributed by atoms with E-state index < -0.39 is 5.97 Å². The van der Waals surface area contributed by atoms with Crippen LogP contribution in [0.15, 0.2) is 24.3 Å². The van der Waals surface area contributed by atoms with E-state index in [0.29, 0.717) is 5.02 Å². The molecule has 6 heteroatoms. The van der Waals surface area contributed by atoms with Crippen molar-refractivity contribution < 1.29 is 14.6 Å². The minimum Gasteiger partial charge on any atom is -0.486 e. The van der Waals surface area contributed by atoms with Crippen LogP contribution in [0.1, 0.15) is 35.6 Å². The van der Waals surface area contributed by atoms with Gasteiger partial charge in [0.15, 0.2) is 0 Å². The van der Waals surface area contributed by atoms with Gasteiger partial charge in [-0.05, 0) is 37.6 Å². The van der Waals surface area contributed by atoms with E-state index in [1.165, 1.54) is 18.2 Å². The molecule has 0 fully saturated rings. The second-order valence-electron chi connectivity index (χ2n) is 4.53. The van der Waals surface area contributed by atoms with Crippen LogP contribution >= 0.6 is 11.6 Å². The van der Waals surface area contributed by atoms with Crippen LogP contribution in [0.2, 0.25) is 5.02 Å². The Kier molecular flexibility index (Phi) is 4.85. The first-order valence-electron chi connectivity index (χ1n) is 6.76. The van der Waals surface area contributed by atoms with Crippen LogP contribution in [0, 0.1) is 0 Å². The molecule has 0 amide bonds. The number of carbonyl (C=O) groups is 1. The average molecular weight is 309 g/mol. The first kappa shape index (κ1) is 15.4. The van der Waals surface area contributed by atoms with E-state index in [0.717, 1.165) is 24.4 Å². The van der Waals surface area contributed by atoms with Gasteiger partial charge in [0.2, 0.25) is 0 Å². The molecule has 21 heavy (non-hydrogen) atoms. The third-order valence-electron chi connectivity index (χ3n) is 3.13. The maximum Gasteiger partial charge on any atom is 0.339 e. The predicted octanol–water partition coefficient (Wildman–Crippen LogP) is 3.40. The standard InChI is InChI=1S/C15H17ClN2O3/c1-3-11-8-12(18(4-2)17-11)9-21-14-7-10(16)5-6-13(14)15(19)20/h5-8H,3-4,9H2,1-2H3,(H,19,20). The van der Waals surface area contributed by atoms with E-state index in [4.69, 9.17) is 21.4 Å². The van der Waals surface area contributed by atoms with Gasteiger partial charge in [0.05, 0.1) is 11.4 Å². The van der Waals surface area contributed by atoms with Gasteiger partial charge < -0.3 is 9.84 Å². The highest BCUT2D eigenvalue weighted by atomic mass is 35.5. The summed E-state index contributed by atoms with van der Waals surface area (Å²) < 4.78 is 7.49. The molecule has 0 spiro atoms. The topological polar surface area (TPSA) is 64.3 Å². The normalized spacial score (nSPS) is 10.6. The number of hydrogen-bond donors (Lipinski definition) is 1. The van der Waals surface area contributed by atoms with E-state index in [1.54, 1.807) is 0 Å². The quantitative estimate of drug-likeness (QED) is 0.888. The van der Waals surface area contributed by atoms with Gasteiger partial charge in [0.1, 0.15) is 17.9 Å². The zero-order chi connectivity index (χ0) is 15.4. The predicted molar refractivity (Wildman–Crippen MR) is 80.0 cm³/mol. The van der Waals surface area contributed by atoms with Gasteiger partial charge >= 0.3 is 5.97 Å². The van der Waals surface area contributed by atoms with Gasteiger partial charge in [-0.2, -0.15) is 5.10 Å².